The monoisotopic (exact) mass is 446 g/mol. The van der Waals surface area contributed by atoms with Crippen LogP contribution in [0.5, 0.6) is 5.75 Å². The Kier molecular flexibility index (Phi) is 3.30. The Bertz CT molecular complexity index is 1890. The molecule has 4 N–H and O–H groups in total. The van der Waals surface area contributed by atoms with Crippen LogP contribution in [0.25, 0.3) is 32.8 Å². The van der Waals surface area contributed by atoms with Crippen LogP contribution in [0.4, 0.5) is 5.69 Å². The molecule has 8 nitrogen and oxygen atoms in total. The lowest BCUT2D eigenvalue weighted by atomic mass is 9.68. The molecule has 1 amide bonds. The van der Waals surface area contributed by atoms with Crippen molar-refractivity contribution < 1.29 is 13.9 Å². The largest absolute Gasteiger partial charge is 0.438 e. The van der Waals surface area contributed by atoms with Gasteiger partial charge in [-0.2, -0.15) is 5.26 Å². The zero-order valence-corrected chi connectivity index (χ0v) is 17.4. The van der Waals surface area contributed by atoms with Crippen molar-refractivity contribution in [3.8, 4) is 11.8 Å². The number of hydrogen-bond acceptors (Lipinski definition) is 6. The van der Waals surface area contributed by atoms with Gasteiger partial charge in [0.15, 0.2) is 5.75 Å². The van der Waals surface area contributed by atoms with Crippen molar-refractivity contribution in [2.24, 2.45) is 5.73 Å². The Morgan fingerprint density at radius 1 is 0.941 bits per heavy atom. The van der Waals surface area contributed by atoms with Crippen LogP contribution in [0.15, 0.2) is 81.3 Å². The van der Waals surface area contributed by atoms with E-state index in [0.717, 1.165) is 21.7 Å². The molecule has 1 unspecified atom stereocenters. The minimum absolute atomic E-state index is 0.0464. The number of anilines is 1. The summed E-state index contributed by atoms with van der Waals surface area (Å²) in [5.74, 6) is -0.105. The molecule has 2 aliphatic heterocycles. The second-order valence-electron chi connectivity index (χ2n) is 8.35. The van der Waals surface area contributed by atoms with Crippen LogP contribution in [0.3, 0.4) is 0 Å². The summed E-state index contributed by atoms with van der Waals surface area (Å²) >= 11 is 0. The summed E-state index contributed by atoms with van der Waals surface area (Å²) in [6.07, 6.45) is 0. The Morgan fingerprint density at radius 3 is 2.62 bits per heavy atom. The van der Waals surface area contributed by atoms with Crippen LogP contribution in [0.2, 0.25) is 0 Å². The van der Waals surface area contributed by atoms with Crippen LogP contribution in [0, 0.1) is 11.3 Å². The molecule has 34 heavy (non-hydrogen) atoms. The zero-order valence-electron chi connectivity index (χ0n) is 17.4. The first kappa shape index (κ1) is 18.5. The van der Waals surface area contributed by atoms with Crippen molar-refractivity contribution in [1.82, 2.24) is 4.98 Å². The van der Waals surface area contributed by atoms with E-state index in [-0.39, 0.29) is 17.4 Å². The van der Waals surface area contributed by atoms with Crippen molar-refractivity contribution >= 4 is 44.4 Å². The highest BCUT2D eigenvalue weighted by Crippen LogP contribution is 2.55. The van der Waals surface area contributed by atoms with Gasteiger partial charge in [-0.3, -0.25) is 4.79 Å². The fourth-order valence-electron chi connectivity index (χ4n) is 5.39. The maximum atomic E-state index is 13.5. The Hall–Kier alpha value is -5.03. The summed E-state index contributed by atoms with van der Waals surface area (Å²) in [6.45, 7) is 0. The second-order valence-corrected chi connectivity index (χ2v) is 8.35. The summed E-state index contributed by atoms with van der Waals surface area (Å²) in [5, 5.41) is 15.4. The van der Waals surface area contributed by atoms with Gasteiger partial charge in [-0.05, 0) is 24.3 Å². The molecule has 162 valence electrons. The predicted octanol–water partition coefficient (Wildman–Crippen LogP) is 3.75. The van der Waals surface area contributed by atoms with Crippen molar-refractivity contribution in [2.75, 3.05) is 5.32 Å². The molecule has 2 aliphatic rings. The van der Waals surface area contributed by atoms with E-state index in [1.54, 1.807) is 24.3 Å². The molecule has 0 radical (unpaired) electrons. The van der Waals surface area contributed by atoms with Gasteiger partial charge < -0.3 is 25.2 Å². The van der Waals surface area contributed by atoms with E-state index in [9.17, 15) is 14.9 Å². The fourth-order valence-corrected chi connectivity index (χ4v) is 5.39. The van der Waals surface area contributed by atoms with Crippen molar-refractivity contribution in [3.05, 3.63) is 93.7 Å². The van der Waals surface area contributed by atoms with Crippen LogP contribution in [-0.4, -0.2) is 10.9 Å². The molecule has 3 aromatic carbocycles. The van der Waals surface area contributed by atoms with Crippen LogP contribution in [-0.2, 0) is 10.2 Å². The number of aromatic nitrogens is 1. The van der Waals surface area contributed by atoms with E-state index in [0.29, 0.717) is 33.7 Å². The third-order valence-corrected chi connectivity index (χ3v) is 6.76. The average molecular weight is 446 g/mol. The van der Waals surface area contributed by atoms with Gasteiger partial charge in [0.1, 0.15) is 22.6 Å². The van der Waals surface area contributed by atoms with E-state index < -0.39 is 11.0 Å². The topological polar surface area (TPSA) is 134 Å². The molecule has 7 rings (SSSR count). The van der Waals surface area contributed by atoms with Gasteiger partial charge in [-0.1, -0.05) is 30.3 Å². The molecule has 0 aliphatic carbocycles. The number of carbonyl (C=O) groups excluding carboxylic acids is 1. The van der Waals surface area contributed by atoms with Crippen molar-refractivity contribution in [2.45, 2.75) is 5.41 Å². The van der Waals surface area contributed by atoms with Gasteiger partial charge in [-0.15, -0.1) is 0 Å². The molecule has 0 bridgehead atoms. The summed E-state index contributed by atoms with van der Waals surface area (Å²) in [6, 6.07) is 19.7. The number of aromatic amines is 1. The molecule has 4 heterocycles. The molecule has 1 spiro atoms. The number of nitrogens with one attached hydrogen (secondary N) is 2. The third-order valence-electron chi connectivity index (χ3n) is 6.76. The number of nitrogens with two attached hydrogens (primary N) is 1. The number of rotatable bonds is 0. The average Bonchev–Trinajstić information content (AvgIpc) is 3.35. The van der Waals surface area contributed by atoms with E-state index >= 15 is 0 Å². The molecule has 0 fully saturated rings. The van der Waals surface area contributed by atoms with E-state index in [4.69, 9.17) is 14.9 Å². The highest BCUT2D eigenvalue weighted by Gasteiger charge is 2.56. The highest BCUT2D eigenvalue weighted by atomic mass is 16.5. The zero-order chi connectivity index (χ0) is 23.2. The first-order valence-electron chi connectivity index (χ1n) is 10.5. The smallest absolute Gasteiger partial charge is 0.336 e. The fraction of sp³-hybridized carbons (Fsp3) is 0.0385. The van der Waals surface area contributed by atoms with Crippen LogP contribution in [0.1, 0.15) is 11.1 Å². The number of fused-ring (bicyclic) bond motifs is 10. The third kappa shape index (κ3) is 2.02. The molecular weight excluding hydrogens is 432 g/mol. The van der Waals surface area contributed by atoms with Crippen LogP contribution >= 0.6 is 0 Å². The number of nitriles is 1. The van der Waals surface area contributed by atoms with Gasteiger partial charge in [0, 0.05) is 44.6 Å². The second kappa shape index (κ2) is 6.05. The quantitative estimate of drug-likeness (QED) is 0.310. The Morgan fingerprint density at radius 2 is 1.76 bits per heavy atom. The SMILES string of the molecule is N#CC1=C(N)Oc2c(ccc3c2[nH]c2ccc4oc(=O)ccc4c23)C12C(=O)Nc1ccccc12. The van der Waals surface area contributed by atoms with Crippen LogP contribution < -0.4 is 21.4 Å². The lowest BCUT2D eigenvalue weighted by molar-refractivity contribution is -0.118. The van der Waals surface area contributed by atoms with Gasteiger partial charge in [-0.25, -0.2) is 4.79 Å². The van der Waals surface area contributed by atoms with E-state index in [1.807, 2.05) is 30.3 Å². The number of nitrogens with zero attached hydrogens (tertiary/aromatic N) is 1. The number of H-pyrrole nitrogens is 1. The number of amides is 1. The number of carbonyl (C=O) groups is 1. The minimum atomic E-state index is -1.43. The predicted molar refractivity (Wildman–Crippen MR) is 125 cm³/mol. The molecule has 0 saturated heterocycles. The highest BCUT2D eigenvalue weighted by molar-refractivity contribution is 6.21. The van der Waals surface area contributed by atoms with Gasteiger partial charge >= 0.3 is 5.63 Å². The molecule has 0 saturated carbocycles. The Labute approximate surface area is 190 Å². The van der Waals surface area contributed by atoms with Gasteiger partial charge in [0.05, 0.1) is 5.52 Å². The first-order valence-corrected chi connectivity index (χ1v) is 10.5. The summed E-state index contributed by atoms with van der Waals surface area (Å²) in [7, 11) is 0. The first-order chi connectivity index (χ1) is 16.5. The number of ether oxygens (including phenoxy) is 1. The molecule has 8 heteroatoms. The summed E-state index contributed by atoms with van der Waals surface area (Å²) < 4.78 is 11.4. The summed E-state index contributed by atoms with van der Waals surface area (Å²) in [4.78, 5) is 28.6. The number of benzene rings is 3. The molecule has 5 aromatic rings. The van der Waals surface area contributed by atoms with Crippen molar-refractivity contribution in [1.29, 1.82) is 5.26 Å². The minimum Gasteiger partial charge on any atom is -0.438 e. The number of para-hydroxylation sites is 1. The normalized spacial score (nSPS) is 18.7. The lowest BCUT2D eigenvalue weighted by Crippen LogP contribution is -2.42. The van der Waals surface area contributed by atoms with E-state index in [2.05, 4.69) is 16.4 Å². The Balaban J connectivity index is 1.63. The maximum Gasteiger partial charge on any atom is 0.336 e. The lowest BCUT2D eigenvalue weighted by Gasteiger charge is -2.33. The summed E-state index contributed by atoms with van der Waals surface area (Å²) in [5.41, 5.74) is 8.14. The molecule has 1 atom stereocenters. The van der Waals surface area contributed by atoms with E-state index in [1.165, 1.54) is 6.07 Å². The maximum absolute atomic E-state index is 13.5. The van der Waals surface area contributed by atoms with Crippen molar-refractivity contribution in [3.63, 3.8) is 0 Å². The molecular formula is C26H14N4O4. The van der Waals surface area contributed by atoms with Gasteiger partial charge in [0.25, 0.3) is 0 Å². The standard InChI is InChI=1S/C26H14N4O4/c27-11-16-24(28)34-23-15(26(16)14-3-1-2-4-17(14)30-25(26)32)7-5-13-21-12-6-10-20(31)33-19(12)9-8-18(21)29-22(13)23/h1-10,29H,28H2,(H,30,32). The van der Waals surface area contributed by atoms with Gasteiger partial charge in [0.2, 0.25) is 11.8 Å². The molecule has 2 aromatic heterocycles. The number of hydrogen-bond donors (Lipinski definition) is 3.